The zero-order chi connectivity index (χ0) is 18.9. The Morgan fingerprint density at radius 2 is 2.23 bits per heavy atom. The summed E-state index contributed by atoms with van der Waals surface area (Å²) < 4.78 is 15.4. The molecule has 8 heteroatoms. The van der Waals surface area contributed by atoms with Gasteiger partial charge in [0.05, 0.1) is 25.7 Å². The van der Waals surface area contributed by atoms with Crippen molar-refractivity contribution < 1.29 is 9.18 Å². The molecule has 1 amide bonds. The van der Waals surface area contributed by atoms with Crippen LogP contribution in [0.5, 0.6) is 0 Å². The van der Waals surface area contributed by atoms with Crippen LogP contribution in [0.4, 0.5) is 4.39 Å². The van der Waals surface area contributed by atoms with Crippen molar-refractivity contribution in [1.29, 1.82) is 0 Å². The summed E-state index contributed by atoms with van der Waals surface area (Å²) in [5.41, 5.74) is -0.261. The van der Waals surface area contributed by atoms with E-state index in [1.807, 2.05) is 10.9 Å². The molecular formula is C18H27FN6O. The SMILES string of the molecule is [C-]#[N+][C@@H]1C[C@H](F)CN1C(=O)CN[C@]1(C)CC[C@H](Cn2ccnn2)C1(C)C. The summed E-state index contributed by atoms with van der Waals surface area (Å²) in [5, 5.41) is 11.4. The van der Waals surface area contributed by atoms with Crippen LogP contribution in [0.15, 0.2) is 12.4 Å². The molecule has 3 rings (SSSR count). The predicted octanol–water partition coefficient (Wildman–Crippen LogP) is 1.88. The fourth-order valence-electron chi connectivity index (χ4n) is 4.32. The van der Waals surface area contributed by atoms with E-state index in [0.29, 0.717) is 5.92 Å². The number of nitrogens with zero attached hydrogens (tertiary/aromatic N) is 5. The second kappa shape index (κ2) is 6.95. The molecule has 2 heterocycles. The number of carbonyl (C=O) groups excluding carboxylic acids is 1. The molecule has 1 aromatic rings. The molecule has 2 fully saturated rings. The molecule has 142 valence electrons. The van der Waals surface area contributed by atoms with Crippen molar-refractivity contribution in [2.45, 2.75) is 64.5 Å². The molecule has 1 aliphatic carbocycles. The van der Waals surface area contributed by atoms with E-state index in [1.54, 1.807) is 6.20 Å². The third-order valence-electron chi connectivity index (χ3n) is 6.64. The molecule has 26 heavy (non-hydrogen) atoms. The highest BCUT2D eigenvalue weighted by Gasteiger charge is 2.51. The summed E-state index contributed by atoms with van der Waals surface area (Å²) in [5.74, 6) is 0.220. The Labute approximate surface area is 153 Å². The van der Waals surface area contributed by atoms with Gasteiger partial charge in [0, 0.05) is 18.3 Å². The van der Waals surface area contributed by atoms with E-state index in [4.69, 9.17) is 6.57 Å². The summed E-state index contributed by atoms with van der Waals surface area (Å²) in [6, 6.07) is 0. The second-order valence-electron chi connectivity index (χ2n) is 8.26. The first-order valence-corrected chi connectivity index (χ1v) is 9.16. The number of rotatable bonds is 5. The molecule has 1 N–H and O–H groups in total. The van der Waals surface area contributed by atoms with Gasteiger partial charge in [-0.05, 0) is 31.1 Å². The van der Waals surface area contributed by atoms with E-state index in [-0.39, 0.29) is 36.4 Å². The van der Waals surface area contributed by atoms with Gasteiger partial charge in [0.1, 0.15) is 6.17 Å². The van der Waals surface area contributed by atoms with Crippen LogP contribution in [0.25, 0.3) is 4.85 Å². The van der Waals surface area contributed by atoms with Crippen molar-refractivity contribution in [3.05, 3.63) is 23.8 Å². The van der Waals surface area contributed by atoms with Crippen molar-refractivity contribution in [1.82, 2.24) is 25.2 Å². The number of hydrogen-bond donors (Lipinski definition) is 1. The number of nitrogens with one attached hydrogen (secondary N) is 1. The maximum Gasteiger partial charge on any atom is 0.303 e. The molecule has 7 nitrogen and oxygen atoms in total. The number of halogens is 1. The van der Waals surface area contributed by atoms with Crippen LogP contribution in [0.3, 0.4) is 0 Å². The van der Waals surface area contributed by atoms with Crippen LogP contribution < -0.4 is 5.32 Å². The third kappa shape index (κ3) is 3.32. The molecule has 1 saturated carbocycles. The highest BCUT2D eigenvalue weighted by Crippen LogP contribution is 2.50. The second-order valence-corrected chi connectivity index (χ2v) is 8.26. The molecule has 4 atom stereocenters. The van der Waals surface area contributed by atoms with E-state index >= 15 is 0 Å². The number of amides is 1. The van der Waals surface area contributed by atoms with Crippen LogP contribution in [0.1, 0.15) is 40.0 Å². The zero-order valence-corrected chi connectivity index (χ0v) is 15.7. The van der Waals surface area contributed by atoms with E-state index < -0.39 is 12.3 Å². The molecule has 1 aliphatic heterocycles. The lowest BCUT2D eigenvalue weighted by Crippen LogP contribution is -2.55. The van der Waals surface area contributed by atoms with Gasteiger partial charge >= 0.3 is 6.17 Å². The first kappa shape index (κ1) is 18.8. The summed E-state index contributed by atoms with van der Waals surface area (Å²) in [6.45, 7) is 14.7. The minimum atomic E-state index is -1.09. The monoisotopic (exact) mass is 362 g/mol. The number of aromatic nitrogens is 3. The molecule has 1 saturated heterocycles. The minimum Gasteiger partial charge on any atom is -0.303 e. The standard InChI is InChI=1S/C18H27FN6O/c1-17(2)13(11-24-8-7-22-23-24)5-6-18(17,3)21-10-16(26)25-12-14(19)9-15(25)20-4/h7-8,13-15,21H,5-6,9-12H2,1-3H3/t13-,14+,15+,18-/m1/s1. The molecule has 0 aromatic carbocycles. The summed E-state index contributed by atoms with van der Waals surface area (Å²) in [4.78, 5) is 17.3. The van der Waals surface area contributed by atoms with Gasteiger partial charge in [0.15, 0.2) is 0 Å². The fourth-order valence-corrected chi connectivity index (χ4v) is 4.32. The van der Waals surface area contributed by atoms with E-state index in [0.717, 1.165) is 19.4 Å². The van der Waals surface area contributed by atoms with Crippen molar-refractivity contribution in [3.8, 4) is 0 Å². The van der Waals surface area contributed by atoms with Crippen LogP contribution in [0.2, 0.25) is 0 Å². The quantitative estimate of drug-likeness (QED) is 0.812. The number of carbonyl (C=O) groups is 1. The lowest BCUT2D eigenvalue weighted by molar-refractivity contribution is -0.131. The van der Waals surface area contributed by atoms with Gasteiger partial charge in [-0.15, -0.1) is 5.10 Å². The van der Waals surface area contributed by atoms with Gasteiger partial charge in [-0.25, -0.2) is 11.0 Å². The maximum absolute atomic E-state index is 13.6. The summed E-state index contributed by atoms with van der Waals surface area (Å²) in [6.07, 6.45) is 3.90. The average molecular weight is 362 g/mol. The van der Waals surface area contributed by atoms with Gasteiger partial charge in [-0.2, -0.15) is 0 Å². The Balaban J connectivity index is 1.62. The molecule has 2 aliphatic rings. The van der Waals surface area contributed by atoms with Gasteiger partial charge in [0.25, 0.3) is 0 Å². The van der Waals surface area contributed by atoms with Gasteiger partial charge in [-0.3, -0.25) is 19.2 Å². The van der Waals surface area contributed by atoms with Crippen molar-refractivity contribution >= 4 is 5.91 Å². The first-order chi connectivity index (χ1) is 12.3. The third-order valence-corrected chi connectivity index (χ3v) is 6.64. The van der Waals surface area contributed by atoms with E-state index in [2.05, 4.69) is 41.2 Å². The van der Waals surface area contributed by atoms with Gasteiger partial charge < -0.3 is 5.32 Å². The molecule has 1 aromatic heterocycles. The highest BCUT2D eigenvalue weighted by atomic mass is 19.1. The van der Waals surface area contributed by atoms with Crippen LogP contribution in [-0.2, 0) is 11.3 Å². The molecular weight excluding hydrogens is 335 g/mol. The van der Waals surface area contributed by atoms with E-state index in [9.17, 15) is 9.18 Å². The topological polar surface area (TPSA) is 67.4 Å². The Morgan fingerprint density at radius 3 is 2.88 bits per heavy atom. The number of alkyl halides is 1. The Kier molecular flexibility index (Phi) is 5.02. The molecule has 0 bridgehead atoms. The largest absolute Gasteiger partial charge is 0.303 e. The number of hydrogen-bond acceptors (Lipinski definition) is 4. The fraction of sp³-hybridized carbons (Fsp3) is 0.778. The van der Waals surface area contributed by atoms with Crippen molar-refractivity contribution in [2.75, 3.05) is 13.1 Å². The maximum atomic E-state index is 13.6. The predicted molar refractivity (Wildman–Crippen MR) is 94.6 cm³/mol. The lowest BCUT2D eigenvalue weighted by atomic mass is 9.71. The molecule has 0 radical (unpaired) electrons. The summed E-state index contributed by atoms with van der Waals surface area (Å²) >= 11 is 0. The van der Waals surface area contributed by atoms with Crippen LogP contribution in [-0.4, -0.2) is 56.8 Å². The average Bonchev–Trinajstić information content (AvgIpc) is 3.29. The zero-order valence-electron chi connectivity index (χ0n) is 15.7. The first-order valence-electron chi connectivity index (χ1n) is 9.16. The van der Waals surface area contributed by atoms with Gasteiger partial charge in [0.2, 0.25) is 5.91 Å². The normalized spacial score (nSPS) is 33.3. The lowest BCUT2D eigenvalue weighted by Gasteiger charge is -2.42. The Bertz CT molecular complexity index is 684. The van der Waals surface area contributed by atoms with Crippen molar-refractivity contribution in [3.63, 3.8) is 0 Å². The van der Waals surface area contributed by atoms with Gasteiger partial charge in [-0.1, -0.05) is 19.1 Å². The van der Waals surface area contributed by atoms with Crippen molar-refractivity contribution in [2.24, 2.45) is 11.3 Å². The summed E-state index contributed by atoms with van der Waals surface area (Å²) in [7, 11) is 0. The van der Waals surface area contributed by atoms with Crippen LogP contribution in [0, 0.1) is 17.9 Å². The number of likely N-dealkylation sites (tertiary alicyclic amines) is 1. The minimum absolute atomic E-state index is 0.0303. The molecule has 0 spiro atoms. The Morgan fingerprint density at radius 1 is 1.46 bits per heavy atom. The Hall–Kier alpha value is -2.01. The molecule has 0 unspecified atom stereocenters. The smallest absolute Gasteiger partial charge is 0.303 e. The van der Waals surface area contributed by atoms with Crippen LogP contribution >= 0.6 is 0 Å². The van der Waals surface area contributed by atoms with E-state index in [1.165, 1.54) is 4.90 Å². The highest BCUT2D eigenvalue weighted by molar-refractivity contribution is 5.79.